The number of hydrogen-bond donors (Lipinski definition) is 2. The topological polar surface area (TPSA) is 75.6 Å². The molecule has 1 aliphatic carbocycles. The summed E-state index contributed by atoms with van der Waals surface area (Å²) in [6.07, 6.45) is 2.08. The number of aromatic carboxylic acids is 1. The number of amides is 1. The first-order valence-electron chi connectivity index (χ1n) is 5.82. The van der Waals surface area contributed by atoms with Crippen LogP contribution in [0.25, 0.3) is 0 Å². The molecule has 0 unspecified atom stereocenters. The monoisotopic (exact) mass is 249 g/mol. The minimum atomic E-state index is -0.967. The molecule has 0 aromatic heterocycles. The van der Waals surface area contributed by atoms with E-state index in [1.165, 1.54) is 6.07 Å². The number of nitrogens with one attached hydrogen (secondary N) is 1. The summed E-state index contributed by atoms with van der Waals surface area (Å²) in [7, 11) is 0. The van der Waals surface area contributed by atoms with Crippen LogP contribution < -0.4 is 10.1 Å². The number of benzene rings is 1. The first-order valence-corrected chi connectivity index (χ1v) is 5.82. The lowest BCUT2D eigenvalue weighted by molar-refractivity contribution is -0.123. The molecule has 1 aromatic rings. The summed E-state index contributed by atoms with van der Waals surface area (Å²) >= 11 is 0. The van der Waals surface area contributed by atoms with Gasteiger partial charge in [0.1, 0.15) is 5.75 Å². The van der Waals surface area contributed by atoms with Crippen molar-refractivity contribution in [3.63, 3.8) is 0 Å². The first kappa shape index (κ1) is 12.4. The number of carboxylic acid groups (broad SMARTS) is 1. The molecule has 1 aromatic carbocycles. The van der Waals surface area contributed by atoms with Crippen LogP contribution in [0.3, 0.4) is 0 Å². The third-order valence-corrected chi connectivity index (χ3v) is 2.74. The summed E-state index contributed by atoms with van der Waals surface area (Å²) in [5, 5.41) is 11.7. The summed E-state index contributed by atoms with van der Waals surface area (Å²) < 4.78 is 5.31. The molecule has 2 N–H and O–H groups in total. The molecule has 1 amide bonds. The molecule has 5 nitrogen and oxygen atoms in total. The van der Waals surface area contributed by atoms with Crippen LogP contribution in [0.4, 0.5) is 0 Å². The van der Waals surface area contributed by atoms with Crippen molar-refractivity contribution in [3.8, 4) is 5.75 Å². The number of carbonyl (C=O) groups excluding carboxylic acids is 1. The van der Waals surface area contributed by atoms with Crippen LogP contribution in [-0.4, -0.2) is 29.6 Å². The number of carbonyl (C=O) groups is 2. The van der Waals surface area contributed by atoms with Gasteiger partial charge in [0.05, 0.1) is 5.56 Å². The van der Waals surface area contributed by atoms with Crippen LogP contribution in [0.5, 0.6) is 5.75 Å². The highest BCUT2D eigenvalue weighted by Crippen LogP contribution is 2.19. The van der Waals surface area contributed by atoms with Gasteiger partial charge in [0, 0.05) is 6.04 Å². The molecule has 1 fully saturated rings. The van der Waals surface area contributed by atoms with Crippen LogP contribution in [0, 0.1) is 6.92 Å². The molecule has 0 spiro atoms. The Hall–Kier alpha value is -2.04. The van der Waals surface area contributed by atoms with Gasteiger partial charge >= 0.3 is 5.97 Å². The largest absolute Gasteiger partial charge is 0.484 e. The van der Waals surface area contributed by atoms with Crippen molar-refractivity contribution in [3.05, 3.63) is 29.3 Å². The van der Waals surface area contributed by atoms with E-state index in [4.69, 9.17) is 9.84 Å². The Morgan fingerprint density at radius 3 is 2.72 bits per heavy atom. The quantitative estimate of drug-likeness (QED) is 0.826. The molecule has 1 saturated carbocycles. The molecule has 2 rings (SSSR count). The minimum absolute atomic E-state index is 0.0393. The fourth-order valence-corrected chi connectivity index (χ4v) is 1.61. The maximum Gasteiger partial charge on any atom is 0.335 e. The highest BCUT2D eigenvalue weighted by Gasteiger charge is 2.23. The van der Waals surface area contributed by atoms with Gasteiger partial charge in [-0.3, -0.25) is 4.79 Å². The fraction of sp³-hybridized carbons (Fsp3) is 0.385. The van der Waals surface area contributed by atoms with Crippen LogP contribution in [0.1, 0.15) is 28.8 Å². The molecule has 0 saturated heterocycles. The number of ether oxygens (including phenoxy) is 1. The number of hydrogen-bond acceptors (Lipinski definition) is 3. The van der Waals surface area contributed by atoms with Crippen molar-refractivity contribution < 1.29 is 19.4 Å². The van der Waals surface area contributed by atoms with E-state index >= 15 is 0 Å². The molecule has 0 radical (unpaired) electrons. The van der Waals surface area contributed by atoms with E-state index in [-0.39, 0.29) is 18.1 Å². The van der Waals surface area contributed by atoms with E-state index in [2.05, 4.69) is 5.32 Å². The lowest BCUT2D eigenvalue weighted by Crippen LogP contribution is -2.30. The van der Waals surface area contributed by atoms with Gasteiger partial charge in [-0.15, -0.1) is 0 Å². The lowest BCUT2D eigenvalue weighted by atomic mass is 10.1. The summed E-state index contributed by atoms with van der Waals surface area (Å²) in [6.45, 7) is 1.66. The van der Waals surface area contributed by atoms with E-state index in [0.717, 1.165) is 12.8 Å². The van der Waals surface area contributed by atoms with E-state index in [0.29, 0.717) is 17.4 Å². The Balaban J connectivity index is 1.90. The first-order chi connectivity index (χ1) is 8.56. The predicted octanol–water partition coefficient (Wildman–Crippen LogP) is 1.35. The standard InChI is InChI=1S/C13H15NO4/c1-8-6-10(4-5-11(8)13(16)17)18-7-12(15)14-9-2-3-9/h4-6,9H,2-3,7H2,1H3,(H,14,15)(H,16,17). The second-order valence-electron chi connectivity index (χ2n) is 4.41. The van der Waals surface area contributed by atoms with Crippen molar-refractivity contribution >= 4 is 11.9 Å². The maximum atomic E-state index is 11.4. The van der Waals surface area contributed by atoms with Crippen LogP contribution in [-0.2, 0) is 4.79 Å². The van der Waals surface area contributed by atoms with Gasteiger partial charge in [-0.25, -0.2) is 4.79 Å². The van der Waals surface area contributed by atoms with E-state index in [1.807, 2.05) is 0 Å². The Morgan fingerprint density at radius 1 is 1.44 bits per heavy atom. The van der Waals surface area contributed by atoms with Crippen LogP contribution >= 0.6 is 0 Å². The molecule has 18 heavy (non-hydrogen) atoms. The molecular formula is C13H15NO4. The highest BCUT2D eigenvalue weighted by molar-refractivity contribution is 5.89. The molecule has 5 heteroatoms. The second kappa shape index (κ2) is 5.08. The van der Waals surface area contributed by atoms with Crippen molar-refractivity contribution in [1.82, 2.24) is 5.32 Å². The SMILES string of the molecule is Cc1cc(OCC(=O)NC2CC2)ccc1C(=O)O. The summed E-state index contributed by atoms with van der Waals surface area (Å²) in [5.41, 5.74) is 0.854. The molecule has 1 aliphatic rings. The third kappa shape index (κ3) is 3.23. The van der Waals surface area contributed by atoms with Crippen molar-refractivity contribution in [1.29, 1.82) is 0 Å². The molecule has 0 heterocycles. The third-order valence-electron chi connectivity index (χ3n) is 2.74. The molecule has 0 atom stereocenters. The summed E-state index contributed by atoms with van der Waals surface area (Å²) in [4.78, 5) is 22.2. The Morgan fingerprint density at radius 2 is 2.17 bits per heavy atom. The normalized spacial score (nSPS) is 14.1. The highest BCUT2D eigenvalue weighted by atomic mass is 16.5. The van der Waals surface area contributed by atoms with Crippen molar-refractivity contribution in [2.24, 2.45) is 0 Å². The number of carboxylic acids is 1. The maximum absolute atomic E-state index is 11.4. The van der Waals surface area contributed by atoms with E-state index < -0.39 is 5.97 Å². The summed E-state index contributed by atoms with van der Waals surface area (Å²) in [6, 6.07) is 4.97. The molecule has 96 valence electrons. The minimum Gasteiger partial charge on any atom is -0.484 e. The van der Waals surface area contributed by atoms with Gasteiger partial charge in [0.15, 0.2) is 6.61 Å². The van der Waals surface area contributed by atoms with Gasteiger partial charge < -0.3 is 15.2 Å². The predicted molar refractivity (Wildman–Crippen MR) is 64.8 cm³/mol. The van der Waals surface area contributed by atoms with Crippen LogP contribution in [0.15, 0.2) is 18.2 Å². The van der Waals surface area contributed by atoms with Gasteiger partial charge in [-0.2, -0.15) is 0 Å². The zero-order valence-corrected chi connectivity index (χ0v) is 10.1. The Bertz CT molecular complexity index is 480. The van der Waals surface area contributed by atoms with Crippen molar-refractivity contribution in [2.75, 3.05) is 6.61 Å². The Labute approximate surface area is 105 Å². The van der Waals surface area contributed by atoms with Gasteiger partial charge in [-0.05, 0) is 43.5 Å². The van der Waals surface area contributed by atoms with E-state index in [1.54, 1.807) is 19.1 Å². The lowest BCUT2D eigenvalue weighted by Gasteiger charge is -2.08. The fourth-order valence-electron chi connectivity index (χ4n) is 1.61. The zero-order chi connectivity index (χ0) is 13.1. The van der Waals surface area contributed by atoms with Gasteiger partial charge in [0.25, 0.3) is 5.91 Å². The smallest absolute Gasteiger partial charge is 0.335 e. The van der Waals surface area contributed by atoms with Gasteiger partial charge in [0.2, 0.25) is 0 Å². The van der Waals surface area contributed by atoms with Crippen molar-refractivity contribution in [2.45, 2.75) is 25.8 Å². The molecular weight excluding hydrogens is 234 g/mol. The zero-order valence-electron chi connectivity index (χ0n) is 10.1. The number of aryl methyl sites for hydroxylation is 1. The second-order valence-corrected chi connectivity index (χ2v) is 4.41. The average Bonchev–Trinajstić information content (AvgIpc) is 3.10. The van der Waals surface area contributed by atoms with E-state index in [9.17, 15) is 9.59 Å². The van der Waals surface area contributed by atoms with Crippen LogP contribution in [0.2, 0.25) is 0 Å². The molecule has 0 aliphatic heterocycles. The average molecular weight is 249 g/mol. The molecule has 0 bridgehead atoms. The van der Waals surface area contributed by atoms with Gasteiger partial charge in [-0.1, -0.05) is 0 Å². The Kier molecular flexibility index (Phi) is 3.50. The summed E-state index contributed by atoms with van der Waals surface area (Å²) in [5.74, 6) is -0.605. The number of rotatable bonds is 5.